The Morgan fingerprint density at radius 3 is 2.39 bits per heavy atom. The molecule has 1 aromatic carbocycles. The summed E-state index contributed by atoms with van der Waals surface area (Å²) in [6, 6.07) is 4.91. The molecule has 0 saturated carbocycles. The maximum Gasteiger partial charge on any atom is 0.159 e. The van der Waals surface area contributed by atoms with Crippen LogP contribution in [0.2, 0.25) is 0 Å². The second-order valence-corrected chi connectivity index (χ2v) is 4.07. The van der Waals surface area contributed by atoms with Gasteiger partial charge in [0.2, 0.25) is 0 Å². The Balaban J connectivity index is 2.39. The van der Waals surface area contributed by atoms with Gasteiger partial charge in [0.1, 0.15) is 5.82 Å². The van der Waals surface area contributed by atoms with E-state index < -0.39 is 0 Å². The Labute approximate surface area is 108 Å². The van der Waals surface area contributed by atoms with E-state index >= 15 is 0 Å². The number of hydrogen-bond donors (Lipinski definition) is 1. The van der Waals surface area contributed by atoms with Gasteiger partial charge in [0.15, 0.2) is 6.29 Å². The molecule has 0 aromatic heterocycles. The van der Waals surface area contributed by atoms with Crippen LogP contribution in [-0.2, 0) is 9.47 Å². The third kappa shape index (κ3) is 5.47. The minimum absolute atomic E-state index is 0.192. The average Bonchev–Trinajstić information content (AvgIpc) is 2.28. The largest absolute Gasteiger partial charge is 0.385 e. The van der Waals surface area contributed by atoms with Crippen LogP contribution in [0, 0.1) is 12.7 Å². The highest BCUT2D eigenvalue weighted by molar-refractivity contribution is 5.45. The van der Waals surface area contributed by atoms with Crippen LogP contribution in [0.4, 0.5) is 10.1 Å². The first-order valence-electron chi connectivity index (χ1n) is 6.40. The zero-order valence-corrected chi connectivity index (χ0v) is 11.3. The first kappa shape index (κ1) is 14.9. The molecule has 1 rings (SSSR count). The van der Waals surface area contributed by atoms with E-state index in [2.05, 4.69) is 5.32 Å². The molecule has 4 heteroatoms. The molecular weight excluding hydrogens is 233 g/mol. The average molecular weight is 255 g/mol. The maximum absolute atomic E-state index is 13.2. The Morgan fingerprint density at radius 1 is 1.17 bits per heavy atom. The monoisotopic (exact) mass is 255 g/mol. The molecule has 0 unspecified atom stereocenters. The van der Waals surface area contributed by atoms with Gasteiger partial charge in [0.05, 0.1) is 0 Å². The zero-order chi connectivity index (χ0) is 13.4. The quantitative estimate of drug-likeness (QED) is 0.723. The summed E-state index contributed by atoms with van der Waals surface area (Å²) >= 11 is 0. The van der Waals surface area contributed by atoms with Gasteiger partial charge in [0.25, 0.3) is 0 Å². The summed E-state index contributed by atoms with van der Waals surface area (Å²) in [7, 11) is 0. The van der Waals surface area contributed by atoms with Crippen molar-refractivity contribution in [3.63, 3.8) is 0 Å². The van der Waals surface area contributed by atoms with Crippen molar-refractivity contribution in [2.45, 2.75) is 33.5 Å². The van der Waals surface area contributed by atoms with Gasteiger partial charge in [-0.1, -0.05) is 0 Å². The maximum atomic E-state index is 13.2. The zero-order valence-electron chi connectivity index (χ0n) is 11.3. The summed E-state index contributed by atoms with van der Waals surface area (Å²) in [6.45, 7) is 7.70. The van der Waals surface area contributed by atoms with Crippen LogP contribution < -0.4 is 5.32 Å². The lowest BCUT2D eigenvalue weighted by Gasteiger charge is -2.17. The van der Waals surface area contributed by atoms with Crippen molar-refractivity contribution in [3.05, 3.63) is 29.6 Å². The molecule has 0 bridgehead atoms. The summed E-state index contributed by atoms with van der Waals surface area (Å²) in [5.41, 5.74) is 1.70. The van der Waals surface area contributed by atoms with Gasteiger partial charge in [-0.25, -0.2) is 4.39 Å². The standard InChI is InChI=1S/C14H22FNO2/c1-4-17-14(18-5-2)6-7-16-13-9-11(3)8-12(15)10-13/h8-10,14,16H,4-7H2,1-3H3. The fourth-order valence-electron chi connectivity index (χ4n) is 1.76. The van der Waals surface area contributed by atoms with Gasteiger partial charge in [-0.2, -0.15) is 0 Å². The van der Waals surface area contributed by atoms with E-state index in [1.54, 1.807) is 0 Å². The highest BCUT2D eigenvalue weighted by atomic mass is 19.1. The van der Waals surface area contributed by atoms with Crippen LogP contribution in [0.15, 0.2) is 18.2 Å². The highest BCUT2D eigenvalue weighted by Gasteiger charge is 2.07. The number of hydrogen-bond acceptors (Lipinski definition) is 3. The number of aryl methyl sites for hydroxylation is 1. The van der Waals surface area contributed by atoms with Crippen LogP contribution in [0.25, 0.3) is 0 Å². The van der Waals surface area contributed by atoms with Crippen LogP contribution in [0.5, 0.6) is 0 Å². The molecule has 0 amide bonds. The first-order chi connectivity index (χ1) is 8.65. The van der Waals surface area contributed by atoms with Crippen molar-refractivity contribution in [3.8, 4) is 0 Å². The molecule has 0 aliphatic heterocycles. The van der Waals surface area contributed by atoms with E-state index in [-0.39, 0.29) is 12.1 Å². The number of rotatable bonds is 8. The van der Waals surface area contributed by atoms with Crippen molar-refractivity contribution in [2.75, 3.05) is 25.1 Å². The number of anilines is 1. The smallest absolute Gasteiger partial charge is 0.159 e. The summed E-state index contributed by atoms with van der Waals surface area (Å²) < 4.78 is 24.0. The van der Waals surface area contributed by atoms with E-state index in [1.807, 2.05) is 26.8 Å². The number of benzene rings is 1. The van der Waals surface area contributed by atoms with Gasteiger partial charge in [-0.15, -0.1) is 0 Å². The van der Waals surface area contributed by atoms with Gasteiger partial charge in [0, 0.05) is 31.9 Å². The van der Waals surface area contributed by atoms with Crippen LogP contribution in [0.3, 0.4) is 0 Å². The molecule has 0 aliphatic rings. The fraction of sp³-hybridized carbons (Fsp3) is 0.571. The Kier molecular flexibility index (Phi) is 6.68. The SMILES string of the molecule is CCOC(CCNc1cc(C)cc(F)c1)OCC. The van der Waals surface area contributed by atoms with Crippen LogP contribution in [0.1, 0.15) is 25.8 Å². The number of nitrogens with one attached hydrogen (secondary N) is 1. The molecular formula is C14H22FNO2. The van der Waals surface area contributed by atoms with E-state index in [9.17, 15) is 4.39 Å². The molecule has 1 N–H and O–H groups in total. The minimum atomic E-state index is -0.219. The lowest BCUT2D eigenvalue weighted by molar-refractivity contribution is -0.137. The Morgan fingerprint density at radius 2 is 1.83 bits per heavy atom. The van der Waals surface area contributed by atoms with Gasteiger partial charge in [-0.3, -0.25) is 0 Å². The minimum Gasteiger partial charge on any atom is -0.385 e. The first-order valence-corrected chi connectivity index (χ1v) is 6.40. The number of halogens is 1. The van der Waals surface area contributed by atoms with Crippen molar-refractivity contribution < 1.29 is 13.9 Å². The lowest BCUT2D eigenvalue weighted by atomic mass is 10.2. The van der Waals surface area contributed by atoms with E-state index in [0.29, 0.717) is 19.8 Å². The van der Waals surface area contributed by atoms with Gasteiger partial charge in [-0.05, 0) is 44.5 Å². The molecule has 0 saturated heterocycles. The number of ether oxygens (including phenoxy) is 2. The lowest BCUT2D eigenvalue weighted by Crippen LogP contribution is -2.21. The Hall–Kier alpha value is -1.13. The van der Waals surface area contributed by atoms with Gasteiger partial charge >= 0.3 is 0 Å². The summed E-state index contributed by atoms with van der Waals surface area (Å²) in [4.78, 5) is 0. The van der Waals surface area contributed by atoms with Crippen LogP contribution >= 0.6 is 0 Å². The molecule has 18 heavy (non-hydrogen) atoms. The summed E-state index contributed by atoms with van der Waals surface area (Å²) in [5, 5.41) is 3.17. The van der Waals surface area contributed by atoms with Gasteiger partial charge < -0.3 is 14.8 Å². The van der Waals surface area contributed by atoms with E-state index in [4.69, 9.17) is 9.47 Å². The molecule has 0 atom stereocenters. The fourth-order valence-corrected chi connectivity index (χ4v) is 1.76. The molecule has 102 valence electrons. The normalized spacial score (nSPS) is 10.9. The second-order valence-electron chi connectivity index (χ2n) is 4.07. The molecule has 0 radical (unpaired) electrons. The van der Waals surface area contributed by atoms with E-state index in [0.717, 1.165) is 17.7 Å². The van der Waals surface area contributed by atoms with Crippen LogP contribution in [-0.4, -0.2) is 26.0 Å². The van der Waals surface area contributed by atoms with Crippen molar-refractivity contribution in [1.82, 2.24) is 0 Å². The highest BCUT2D eigenvalue weighted by Crippen LogP contribution is 2.13. The third-order valence-electron chi connectivity index (χ3n) is 2.46. The molecule has 1 aromatic rings. The Bertz CT molecular complexity index is 331. The molecule has 0 heterocycles. The molecule has 0 spiro atoms. The van der Waals surface area contributed by atoms with Crippen molar-refractivity contribution in [2.24, 2.45) is 0 Å². The molecule has 0 aliphatic carbocycles. The van der Waals surface area contributed by atoms with Crippen molar-refractivity contribution >= 4 is 5.69 Å². The summed E-state index contributed by atoms with van der Waals surface area (Å²) in [5.74, 6) is -0.219. The predicted molar refractivity (Wildman–Crippen MR) is 71.3 cm³/mol. The van der Waals surface area contributed by atoms with E-state index in [1.165, 1.54) is 12.1 Å². The third-order valence-corrected chi connectivity index (χ3v) is 2.46. The molecule has 3 nitrogen and oxygen atoms in total. The predicted octanol–water partition coefficient (Wildman–Crippen LogP) is 3.34. The topological polar surface area (TPSA) is 30.5 Å². The second kappa shape index (κ2) is 8.06. The molecule has 0 fully saturated rings. The summed E-state index contributed by atoms with van der Waals surface area (Å²) in [6.07, 6.45) is 0.541. The van der Waals surface area contributed by atoms with Crippen molar-refractivity contribution in [1.29, 1.82) is 0 Å².